The molecule has 0 fully saturated rings. The Morgan fingerprint density at radius 3 is 2.50 bits per heavy atom. The molecule has 0 bridgehead atoms. The molecule has 0 aliphatic heterocycles. The van der Waals surface area contributed by atoms with E-state index < -0.39 is 24.5 Å². The monoisotopic (exact) mass is 302 g/mol. The lowest BCUT2D eigenvalue weighted by Gasteiger charge is -2.07. The summed E-state index contributed by atoms with van der Waals surface area (Å²) in [7, 11) is 0. The normalized spacial score (nSPS) is 9.82. The van der Waals surface area contributed by atoms with Gasteiger partial charge in [0.1, 0.15) is 0 Å². The molecule has 0 spiro atoms. The maximum atomic E-state index is 11.5. The molecule has 114 valence electrons. The number of hydrogen-bond acceptors (Lipinski definition) is 5. The van der Waals surface area contributed by atoms with Gasteiger partial charge in [-0.15, -0.1) is 0 Å². The van der Waals surface area contributed by atoms with Crippen LogP contribution in [-0.2, 0) is 16.1 Å². The molecule has 1 heterocycles. The summed E-state index contributed by atoms with van der Waals surface area (Å²) in [5, 5.41) is 4.57. The van der Waals surface area contributed by atoms with Crippen molar-refractivity contribution >= 4 is 17.9 Å². The summed E-state index contributed by atoms with van der Waals surface area (Å²) in [5.74, 6) is -1.52. The Hall–Kier alpha value is -3.09. The van der Waals surface area contributed by atoms with Gasteiger partial charge in [0.25, 0.3) is 5.91 Å². The van der Waals surface area contributed by atoms with E-state index in [2.05, 4.69) is 15.4 Å². The summed E-state index contributed by atoms with van der Waals surface area (Å²) < 4.78 is 9.50. The Morgan fingerprint density at radius 1 is 1.05 bits per heavy atom. The number of imide groups is 1. The van der Waals surface area contributed by atoms with E-state index in [1.54, 1.807) is 0 Å². The van der Waals surface area contributed by atoms with E-state index >= 15 is 0 Å². The molecule has 0 aliphatic rings. The molecular weight excluding hydrogens is 288 g/mol. The van der Waals surface area contributed by atoms with Gasteiger partial charge in [-0.25, -0.2) is 9.59 Å². The molecule has 2 rings (SSSR count). The van der Waals surface area contributed by atoms with Crippen LogP contribution in [0.2, 0.25) is 0 Å². The first-order valence-corrected chi connectivity index (χ1v) is 6.47. The van der Waals surface area contributed by atoms with Crippen molar-refractivity contribution in [2.75, 3.05) is 6.61 Å². The van der Waals surface area contributed by atoms with E-state index in [9.17, 15) is 14.4 Å². The average Bonchev–Trinajstić information content (AvgIpc) is 3.06. The molecule has 0 aliphatic carbocycles. The molecule has 0 saturated heterocycles. The van der Waals surface area contributed by atoms with Crippen molar-refractivity contribution in [1.29, 1.82) is 0 Å². The second kappa shape index (κ2) is 7.63. The smallest absolute Gasteiger partial charge is 0.374 e. The molecule has 0 atom stereocenters. The number of benzene rings is 1. The third-order valence-electron chi connectivity index (χ3n) is 2.61. The van der Waals surface area contributed by atoms with E-state index in [4.69, 9.17) is 4.42 Å². The minimum atomic E-state index is -0.773. The third-order valence-corrected chi connectivity index (χ3v) is 2.61. The summed E-state index contributed by atoms with van der Waals surface area (Å²) in [6, 6.07) is 11.5. The number of carbonyl (C=O) groups excluding carboxylic acids is 3. The first-order chi connectivity index (χ1) is 10.6. The zero-order chi connectivity index (χ0) is 15.8. The van der Waals surface area contributed by atoms with Gasteiger partial charge in [0.15, 0.2) is 6.61 Å². The molecule has 0 unspecified atom stereocenters. The van der Waals surface area contributed by atoms with Crippen molar-refractivity contribution < 1.29 is 23.5 Å². The van der Waals surface area contributed by atoms with E-state index in [1.165, 1.54) is 18.4 Å². The Kier molecular flexibility index (Phi) is 5.31. The van der Waals surface area contributed by atoms with Crippen molar-refractivity contribution in [2.24, 2.45) is 0 Å². The molecule has 7 heteroatoms. The highest BCUT2D eigenvalue weighted by Crippen LogP contribution is 2.01. The number of rotatable bonds is 5. The van der Waals surface area contributed by atoms with Crippen molar-refractivity contribution in [3.8, 4) is 0 Å². The second-order valence-electron chi connectivity index (χ2n) is 4.27. The number of urea groups is 1. The first-order valence-electron chi connectivity index (χ1n) is 6.47. The van der Waals surface area contributed by atoms with Crippen molar-refractivity contribution in [2.45, 2.75) is 6.54 Å². The lowest BCUT2D eigenvalue weighted by molar-refractivity contribution is -0.123. The fraction of sp³-hybridized carbons (Fsp3) is 0.133. The Balaban J connectivity index is 1.68. The van der Waals surface area contributed by atoms with E-state index in [0.717, 1.165) is 5.56 Å². The fourth-order valence-corrected chi connectivity index (χ4v) is 1.58. The Morgan fingerprint density at radius 2 is 1.82 bits per heavy atom. The molecule has 1 aromatic carbocycles. The predicted octanol–water partition coefficient (Wildman–Crippen LogP) is 1.46. The molecule has 0 saturated carbocycles. The Bertz CT molecular complexity index is 637. The lowest BCUT2D eigenvalue weighted by atomic mass is 10.2. The lowest BCUT2D eigenvalue weighted by Crippen LogP contribution is -2.41. The van der Waals surface area contributed by atoms with Gasteiger partial charge < -0.3 is 14.5 Å². The molecule has 2 aromatic rings. The van der Waals surface area contributed by atoms with Crippen molar-refractivity contribution in [1.82, 2.24) is 10.6 Å². The van der Waals surface area contributed by atoms with E-state index in [-0.39, 0.29) is 12.3 Å². The number of amides is 3. The van der Waals surface area contributed by atoms with Gasteiger partial charge in [-0.1, -0.05) is 30.3 Å². The maximum Gasteiger partial charge on any atom is 0.374 e. The zero-order valence-electron chi connectivity index (χ0n) is 11.6. The third kappa shape index (κ3) is 4.78. The van der Waals surface area contributed by atoms with Crippen LogP contribution in [0, 0.1) is 0 Å². The van der Waals surface area contributed by atoms with Gasteiger partial charge in [0.05, 0.1) is 6.26 Å². The van der Waals surface area contributed by atoms with Crippen LogP contribution in [0.15, 0.2) is 53.1 Å². The van der Waals surface area contributed by atoms with Gasteiger partial charge >= 0.3 is 12.0 Å². The van der Waals surface area contributed by atoms with Crippen LogP contribution in [0.25, 0.3) is 0 Å². The minimum absolute atomic E-state index is 0.0127. The maximum absolute atomic E-state index is 11.5. The molecule has 22 heavy (non-hydrogen) atoms. The van der Waals surface area contributed by atoms with Gasteiger partial charge in [0, 0.05) is 6.54 Å². The number of furan rings is 1. The predicted molar refractivity (Wildman–Crippen MR) is 75.8 cm³/mol. The van der Waals surface area contributed by atoms with Crippen LogP contribution in [0.3, 0.4) is 0 Å². The van der Waals surface area contributed by atoms with Crippen LogP contribution < -0.4 is 10.6 Å². The quantitative estimate of drug-likeness (QED) is 0.815. The molecule has 0 radical (unpaired) electrons. The minimum Gasteiger partial charge on any atom is -0.457 e. The summed E-state index contributed by atoms with van der Waals surface area (Å²) in [4.78, 5) is 34.4. The summed E-state index contributed by atoms with van der Waals surface area (Å²) in [6.45, 7) is -0.287. The van der Waals surface area contributed by atoms with Crippen LogP contribution in [0.4, 0.5) is 4.79 Å². The largest absolute Gasteiger partial charge is 0.457 e. The topological polar surface area (TPSA) is 97.6 Å². The summed E-state index contributed by atoms with van der Waals surface area (Å²) >= 11 is 0. The summed E-state index contributed by atoms with van der Waals surface area (Å²) in [6.07, 6.45) is 1.31. The molecule has 1 aromatic heterocycles. The van der Waals surface area contributed by atoms with Gasteiger partial charge in [-0.05, 0) is 17.7 Å². The van der Waals surface area contributed by atoms with Gasteiger partial charge in [-0.2, -0.15) is 0 Å². The molecule has 3 amide bonds. The Labute approximate surface area is 126 Å². The van der Waals surface area contributed by atoms with Crippen LogP contribution >= 0.6 is 0 Å². The van der Waals surface area contributed by atoms with Crippen LogP contribution in [-0.4, -0.2) is 24.5 Å². The van der Waals surface area contributed by atoms with Gasteiger partial charge in [0.2, 0.25) is 5.76 Å². The number of nitrogens with one attached hydrogen (secondary N) is 2. The van der Waals surface area contributed by atoms with Crippen LogP contribution in [0.1, 0.15) is 16.1 Å². The number of esters is 1. The number of hydrogen-bond donors (Lipinski definition) is 2. The number of carbonyl (C=O) groups is 3. The molecular formula is C15H14N2O5. The summed E-state index contributed by atoms with van der Waals surface area (Å²) in [5.41, 5.74) is 0.898. The van der Waals surface area contributed by atoms with Gasteiger partial charge in [-0.3, -0.25) is 10.1 Å². The van der Waals surface area contributed by atoms with E-state index in [0.29, 0.717) is 0 Å². The van der Waals surface area contributed by atoms with Crippen molar-refractivity contribution in [3.05, 3.63) is 60.1 Å². The average molecular weight is 302 g/mol. The highest BCUT2D eigenvalue weighted by atomic mass is 16.5. The van der Waals surface area contributed by atoms with Crippen molar-refractivity contribution in [3.63, 3.8) is 0 Å². The molecule has 2 N–H and O–H groups in total. The number of ether oxygens (including phenoxy) is 1. The highest BCUT2D eigenvalue weighted by Gasteiger charge is 2.14. The van der Waals surface area contributed by atoms with E-state index in [1.807, 2.05) is 30.3 Å². The SMILES string of the molecule is O=C(COC(=O)c1ccco1)NC(=O)NCc1ccccc1. The van der Waals surface area contributed by atoms with Crippen LogP contribution in [0.5, 0.6) is 0 Å². The first kappa shape index (κ1) is 15.3. The standard InChI is InChI=1S/C15H14N2O5/c18-13(10-22-14(19)12-7-4-8-21-12)17-15(20)16-9-11-5-2-1-3-6-11/h1-8H,9-10H2,(H2,16,17,18,20). The highest BCUT2D eigenvalue weighted by molar-refractivity contribution is 5.96. The molecule has 7 nitrogen and oxygen atoms in total. The fourth-order valence-electron chi connectivity index (χ4n) is 1.58. The second-order valence-corrected chi connectivity index (χ2v) is 4.27. The zero-order valence-corrected chi connectivity index (χ0v) is 11.6.